The lowest BCUT2D eigenvalue weighted by atomic mass is 9.98. The van der Waals surface area contributed by atoms with Gasteiger partial charge in [0.15, 0.2) is 0 Å². The predicted octanol–water partition coefficient (Wildman–Crippen LogP) is 2.46. The van der Waals surface area contributed by atoms with Crippen molar-refractivity contribution in [3.8, 4) is 0 Å². The van der Waals surface area contributed by atoms with Crippen molar-refractivity contribution in [1.29, 1.82) is 0 Å². The molecule has 0 atom stereocenters. The van der Waals surface area contributed by atoms with Gasteiger partial charge in [-0.3, -0.25) is 9.59 Å². The van der Waals surface area contributed by atoms with Crippen molar-refractivity contribution in [2.45, 2.75) is 12.5 Å². The Hall–Kier alpha value is -2.62. The molecule has 0 aliphatic carbocycles. The van der Waals surface area contributed by atoms with Gasteiger partial charge in [-0.15, -0.1) is 0 Å². The Morgan fingerprint density at radius 1 is 0.952 bits per heavy atom. The van der Waals surface area contributed by atoms with E-state index in [0.717, 1.165) is 11.1 Å². The molecule has 1 N–H and O–H groups in total. The monoisotopic (exact) mass is 283 g/mol. The first-order valence-corrected chi connectivity index (χ1v) is 6.67. The molecule has 0 spiro atoms. The topological polar surface area (TPSA) is 55.4 Å². The second-order valence-corrected chi connectivity index (χ2v) is 4.57. The maximum Gasteiger partial charge on any atom is 0.315 e. The highest BCUT2D eigenvalue weighted by Gasteiger charge is 2.18. The van der Waals surface area contributed by atoms with E-state index < -0.39 is 5.97 Å². The number of ether oxygens (including phenoxy) is 1. The molecule has 0 aliphatic rings. The summed E-state index contributed by atoms with van der Waals surface area (Å²) in [6.45, 7) is 0. The van der Waals surface area contributed by atoms with Crippen LogP contribution in [-0.4, -0.2) is 19.0 Å². The molecule has 2 aromatic rings. The van der Waals surface area contributed by atoms with Gasteiger partial charge in [-0.05, 0) is 11.1 Å². The smallest absolute Gasteiger partial charge is 0.315 e. The summed E-state index contributed by atoms with van der Waals surface area (Å²) >= 11 is 0. The number of methoxy groups -OCH3 is 1. The summed E-state index contributed by atoms with van der Waals surface area (Å²) in [6, 6.07) is 19.0. The molecule has 1 amide bonds. The van der Waals surface area contributed by atoms with E-state index in [9.17, 15) is 9.59 Å². The highest BCUT2D eigenvalue weighted by atomic mass is 16.5. The molecular formula is C17H17NO3. The fourth-order valence-electron chi connectivity index (χ4n) is 2.07. The molecule has 0 saturated carbocycles. The van der Waals surface area contributed by atoms with Crippen LogP contribution in [-0.2, 0) is 14.3 Å². The molecule has 0 aromatic heterocycles. The van der Waals surface area contributed by atoms with Crippen molar-refractivity contribution in [1.82, 2.24) is 5.32 Å². The van der Waals surface area contributed by atoms with E-state index in [0.29, 0.717) is 0 Å². The van der Waals surface area contributed by atoms with Crippen molar-refractivity contribution in [2.75, 3.05) is 7.11 Å². The lowest BCUT2D eigenvalue weighted by molar-refractivity contribution is -0.143. The highest BCUT2D eigenvalue weighted by Crippen LogP contribution is 2.21. The van der Waals surface area contributed by atoms with Crippen LogP contribution in [0.5, 0.6) is 0 Å². The quantitative estimate of drug-likeness (QED) is 0.677. The second kappa shape index (κ2) is 7.24. The lowest BCUT2D eigenvalue weighted by Crippen LogP contribution is -2.31. The molecule has 0 unspecified atom stereocenters. The summed E-state index contributed by atoms with van der Waals surface area (Å²) in [6.07, 6.45) is -0.285. The molecule has 4 heteroatoms. The van der Waals surface area contributed by atoms with Crippen molar-refractivity contribution in [3.05, 3.63) is 71.8 Å². The lowest BCUT2D eigenvalue weighted by Gasteiger charge is -2.19. The first-order chi connectivity index (χ1) is 10.2. The normalized spacial score (nSPS) is 10.2. The van der Waals surface area contributed by atoms with Gasteiger partial charge in [0.25, 0.3) is 0 Å². The molecule has 0 bridgehead atoms. The molecule has 21 heavy (non-hydrogen) atoms. The molecule has 0 saturated heterocycles. The molecular weight excluding hydrogens is 266 g/mol. The molecule has 0 aliphatic heterocycles. The molecule has 0 radical (unpaired) electrons. The first-order valence-electron chi connectivity index (χ1n) is 6.67. The van der Waals surface area contributed by atoms with Gasteiger partial charge >= 0.3 is 5.97 Å². The van der Waals surface area contributed by atoms with E-state index >= 15 is 0 Å². The summed E-state index contributed by atoms with van der Waals surface area (Å²) in [5.41, 5.74) is 1.92. The standard InChI is InChI=1S/C17H17NO3/c1-21-16(20)12-15(19)18-17(13-8-4-2-5-9-13)14-10-6-3-7-11-14/h2-11,17H,12H2,1H3,(H,18,19). The van der Waals surface area contributed by atoms with Crippen LogP contribution in [0.25, 0.3) is 0 Å². The fraction of sp³-hybridized carbons (Fsp3) is 0.176. The summed E-state index contributed by atoms with van der Waals surface area (Å²) in [4.78, 5) is 23.2. The van der Waals surface area contributed by atoms with Gasteiger partial charge in [0.2, 0.25) is 5.91 Å². The van der Waals surface area contributed by atoms with E-state index in [2.05, 4.69) is 10.1 Å². The molecule has 0 heterocycles. The number of amides is 1. The van der Waals surface area contributed by atoms with Gasteiger partial charge in [0.05, 0.1) is 13.2 Å². The van der Waals surface area contributed by atoms with Crippen LogP contribution in [0.1, 0.15) is 23.6 Å². The van der Waals surface area contributed by atoms with Gasteiger partial charge in [0, 0.05) is 0 Å². The van der Waals surface area contributed by atoms with Crippen molar-refractivity contribution in [2.24, 2.45) is 0 Å². The zero-order valence-electron chi connectivity index (χ0n) is 11.8. The van der Waals surface area contributed by atoms with Gasteiger partial charge in [-0.25, -0.2) is 0 Å². The van der Waals surface area contributed by atoms with E-state index in [-0.39, 0.29) is 18.4 Å². The maximum absolute atomic E-state index is 12.0. The molecule has 2 rings (SSSR count). The number of rotatable bonds is 5. The number of nitrogens with one attached hydrogen (secondary N) is 1. The number of esters is 1. The van der Waals surface area contributed by atoms with Crippen LogP contribution in [0, 0.1) is 0 Å². The van der Waals surface area contributed by atoms with Gasteiger partial charge in [-0.2, -0.15) is 0 Å². The third-order valence-electron chi connectivity index (χ3n) is 3.10. The van der Waals surface area contributed by atoms with E-state index in [1.165, 1.54) is 7.11 Å². The van der Waals surface area contributed by atoms with Crippen LogP contribution in [0.2, 0.25) is 0 Å². The fourth-order valence-corrected chi connectivity index (χ4v) is 2.07. The third-order valence-corrected chi connectivity index (χ3v) is 3.10. The van der Waals surface area contributed by atoms with Crippen molar-refractivity contribution < 1.29 is 14.3 Å². The molecule has 2 aromatic carbocycles. The Morgan fingerprint density at radius 2 is 1.43 bits per heavy atom. The van der Waals surface area contributed by atoms with Gasteiger partial charge in [-0.1, -0.05) is 60.7 Å². The minimum absolute atomic E-state index is 0.285. The van der Waals surface area contributed by atoms with Crippen molar-refractivity contribution in [3.63, 3.8) is 0 Å². The number of carbonyl (C=O) groups excluding carboxylic acids is 2. The molecule has 0 fully saturated rings. The molecule has 4 nitrogen and oxygen atoms in total. The number of benzene rings is 2. The van der Waals surface area contributed by atoms with Crippen LogP contribution < -0.4 is 5.32 Å². The average Bonchev–Trinajstić information content (AvgIpc) is 2.54. The molecule has 108 valence electrons. The maximum atomic E-state index is 12.0. The van der Waals surface area contributed by atoms with Crippen LogP contribution in [0.15, 0.2) is 60.7 Å². The van der Waals surface area contributed by atoms with Gasteiger partial charge in [0.1, 0.15) is 6.42 Å². The number of hydrogen-bond donors (Lipinski definition) is 1. The Morgan fingerprint density at radius 3 is 1.86 bits per heavy atom. The van der Waals surface area contributed by atoms with Crippen molar-refractivity contribution >= 4 is 11.9 Å². The summed E-state index contributed by atoms with van der Waals surface area (Å²) in [5, 5.41) is 2.88. The zero-order chi connectivity index (χ0) is 15.1. The predicted molar refractivity (Wildman–Crippen MR) is 79.5 cm³/mol. The van der Waals surface area contributed by atoms with Crippen LogP contribution in [0.3, 0.4) is 0 Å². The number of hydrogen-bond acceptors (Lipinski definition) is 3. The Balaban J connectivity index is 2.21. The second-order valence-electron chi connectivity index (χ2n) is 4.57. The van der Waals surface area contributed by atoms with Crippen LogP contribution >= 0.6 is 0 Å². The minimum Gasteiger partial charge on any atom is -0.469 e. The Labute approximate surface area is 123 Å². The van der Waals surface area contributed by atoms with E-state index in [1.807, 2.05) is 60.7 Å². The SMILES string of the molecule is COC(=O)CC(=O)NC(c1ccccc1)c1ccccc1. The van der Waals surface area contributed by atoms with E-state index in [1.54, 1.807) is 0 Å². The third kappa shape index (κ3) is 4.18. The Bertz CT molecular complexity index is 556. The minimum atomic E-state index is -0.549. The summed E-state index contributed by atoms with van der Waals surface area (Å²) in [7, 11) is 1.27. The highest BCUT2D eigenvalue weighted by molar-refractivity contribution is 5.94. The largest absolute Gasteiger partial charge is 0.469 e. The average molecular weight is 283 g/mol. The van der Waals surface area contributed by atoms with E-state index in [4.69, 9.17) is 0 Å². The van der Waals surface area contributed by atoms with Crippen LogP contribution in [0.4, 0.5) is 0 Å². The first kappa shape index (κ1) is 14.8. The Kier molecular flexibility index (Phi) is 5.10. The summed E-state index contributed by atoms with van der Waals surface area (Å²) in [5.74, 6) is -0.910. The number of carbonyl (C=O) groups is 2. The summed E-state index contributed by atoms with van der Waals surface area (Å²) < 4.78 is 4.51. The zero-order valence-corrected chi connectivity index (χ0v) is 11.8. The van der Waals surface area contributed by atoms with Gasteiger partial charge < -0.3 is 10.1 Å².